The van der Waals surface area contributed by atoms with Crippen molar-refractivity contribution in [2.24, 2.45) is 7.05 Å². The summed E-state index contributed by atoms with van der Waals surface area (Å²) in [5.74, 6) is 1.47. The summed E-state index contributed by atoms with van der Waals surface area (Å²) in [6.07, 6.45) is 0. The van der Waals surface area contributed by atoms with Crippen LogP contribution in [0.1, 0.15) is 0 Å². The van der Waals surface area contributed by atoms with E-state index < -0.39 is 0 Å². The third kappa shape index (κ3) is 1.79. The third-order valence-corrected chi connectivity index (χ3v) is 3.26. The van der Waals surface area contributed by atoms with Crippen molar-refractivity contribution in [2.75, 3.05) is 18.1 Å². The first-order valence-corrected chi connectivity index (χ1v) is 6.06. The summed E-state index contributed by atoms with van der Waals surface area (Å²) in [5.41, 5.74) is 7.74. The van der Waals surface area contributed by atoms with Crippen molar-refractivity contribution in [1.82, 2.24) is 14.8 Å². The fourth-order valence-corrected chi connectivity index (χ4v) is 2.23. The minimum absolute atomic E-state index is 0.705. The summed E-state index contributed by atoms with van der Waals surface area (Å²) in [6.45, 7) is 0. The molecule has 5 heteroatoms. The van der Waals surface area contributed by atoms with Gasteiger partial charge in [-0.05, 0) is 22.9 Å². The van der Waals surface area contributed by atoms with E-state index in [9.17, 15) is 0 Å². The zero-order chi connectivity index (χ0) is 13.4. The molecule has 0 fully saturated rings. The summed E-state index contributed by atoms with van der Waals surface area (Å²) in [5, 5.41) is 13.5. The van der Waals surface area contributed by atoms with Gasteiger partial charge in [0.15, 0.2) is 5.82 Å². The van der Waals surface area contributed by atoms with Crippen LogP contribution in [-0.2, 0) is 7.05 Å². The van der Waals surface area contributed by atoms with Crippen molar-refractivity contribution in [3.8, 4) is 11.4 Å². The van der Waals surface area contributed by atoms with E-state index in [4.69, 9.17) is 5.73 Å². The van der Waals surface area contributed by atoms with Gasteiger partial charge in [-0.25, -0.2) is 0 Å². The lowest BCUT2D eigenvalue weighted by atomic mass is 10.0. The largest absolute Gasteiger partial charge is 0.398 e. The van der Waals surface area contributed by atoms with Gasteiger partial charge in [0.25, 0.3) is 0 Å². The van der Waals surface area contributed by atoms with Gasteiger partial charge >= 0.3 is 0 Å². The molecule has 5 nitrogen and oxygen atoms in total. The molecule has 0 aliphatic heterocycles. The lowest BCUT2D eigenvalue weighted by Gasteiger charge is -2.08. The zero-order valence-corrected chi connectivity index (χ0v) is 10.9. The Kier molecular flexibility index (Phi) is 2.59. The monoisotopic (exact) mass is 253 g/mol. The molecule has 0 aliphatic rings. The zero-order valence-electron chi connectivity index (χ0n) is 10.9. The molecular formula is C14H15N5. The Labute approximate surface area is 111 Å². The first-order valence-electron chi connectivity index (χ1n) is 6.06. The van der Waals surface area contributed by atoms with E-state index in [1.807, 2.05) is 49.0 Å². The summed E-state index contributed by atoms with van der Waals surface area (Å²) < 4.78 is 1.89. The highest BCUT2D eigenvalue weighted by atomic mass is 15.3. The number of nitrogens with two attached hydrogens (primary N) is 1. The van der Waals surface area contributed by atoms with Crippen LogP contribution in [0.25, 0.3) is 22.2 Å². The molecule has 19 heavy (non-hydrogen) atoms. The topological polar surface area (TPSA) is 68.8 Å². The Morgan fingerprint density at radius 1 is 1.11 bits per heavy atom. The SMILES string of the molecule is CNc1nnc(-c2cc3ccccc3cc2N)n1C. The van der Waals surface area contributed by atoms with Crippen LogP contribution in [0.4, 0.5) is 11.6 Å². The standard InChI is InChI=1S/C14H15N5/c1-16-14-18-17-13(19(14)2)11-7-9-5-3-4-6-10(9)8-12(11)15/h3-8H,15H2,1-2H3,(H,16,18). The summed E-state index contributed by atoms with van der Waals surface area (Å²) >= 11 is 0. The molecule has 1 aromatic heterocycles. The van der Waals surface area contributed by atoms with Crippen molar-refractivity contribution in [3.63, 3.8) is 0 Å². The second-order valence-corrected chi connectivity index (χ2v) is 4.44. The fourth-order valence-electron chi connectivity index (χ4n) is 2.23. The predicted octanol–water partition coefficient (Wildman–Crippen LogP) is 2.26. The molecule has 0 atom stereocenters. The highest BCUT2D eigenvalue weighted by molar-refractivity contribution is 5.92. The van der Waals surface area contributed by atoms with E-state index in [0.29, 0.717) is 11.6 Å². The molecule has 0 aliphatic carbocycles. The fraction of sp³-hybridized carbons (Fsp3) is 0.143. The lowest BCUT2D eigenvalue weighted by Crippen LogP contribution is -2.01. The van der Waals surface area contributed by atoms with E-state index in [1.165, 1.54) is 0 Å². The summed E-state index contributed by atoms with van der Waals surface area (Å²) in [7, 11) is 3.73. The van der Waals surface area contributed by atoms with Crippen LogP contribution in [0.15, 0.2) is 36.4 Å². The second-order valence-electron chi connectivity index (χ2n) is 4.44. The number of nitrogens with zero attached hydrogens (tertiary/aromatic N) is 3. The minimum atomic E-state index is 0.705. The Balaban J connectivity index is 2.24. The molecule has 2 aromatic carbocycles. The second kappa shape index (κ2) is 4.28. The van der Waals surface area contributed by atoms with Crippen LogP contribution in [0.3, 0.4) is 0 Å². The maximum absolute atomic E-state index is 6.14. The van der Waals surface area contributed by atoms with Crippen LogP contribution >= 0.6 is 0 Å². The Bertz CT molecular complexity index is 745. The van der Waals surface area contributed by atoms with Gasteiger partial charge in [-0.3, -0.25) is 4.57 Å². The van der Waals surface area contributed by atoms with Gasteiger partial charge < -0.3 is 11.1 Å². The average molecular weight is 253 g/mol. The first kappa shape index (κ1) is 11.5. The molecule has 3 aromatic rings. The van der Waals surface area contributed by atoms with Crippen LogP contribution in [0, 0.1) is 0 Å². The van der Waals surface area contributed by atoms with Crippen molar-refractivity contribution < 1.29 is 0 Å². The normalized spacial score (nSPS) is 10.8. The molecule has 0 saturated carbocycles. The minimum Gasteiger partial charge on any atom is -0.398 e. The summed E-state index contributed by atoms with van der Waals surface area (Å²) in [6, 6.07) is 12.1. The van der Waals surface area contributed by atoms with Gasteiger partial charge in [-0.15, -0.1) is 10.2 Å². The molecule has 1 heterocycles. The number of benzene rings is 2. The molecule has 0 radical (unpaired) electrons. The van der Waals surface area contributed by atoms with E-state index in [0.717, 1.165) is 22.2 Å². The average Bonchev–Trinajstić information content (AvgIpc) is 2.79. The molecule has 0 saturated heterocycles. The number of fused-ring (bicyclic) bond motifs is 1. The van der Waals surface area contributed by atoms with Crippen LogP contribution < -0.4 is 11.1 Å². The Morgan fingerprint density at radius 3 is 2.42 bits per heavy atom. The van der Waals surface area contributed by atoms with Gasteiger partial charge in [0.2, 0.25) is 5.95 Å². The van der Waals surface area contributed by atoms with Gasteiger partial charge in [0.05, 0.1) is 0 Å². The van der Waals surface area contributed by atoms with Crippen molar-refractivity contribution >= 4 is 22.4 Å². The number of rotatable bonds is 2. The number of hydrogen-bond donors (Lipinski definition) is 2. The van der Waals surface area contributed by atoms with Gasteiger partial charge in [0.1, 0.15) is 0 Å². The smallest absolute Gasteiger partial charge is 0.224 e. The first-order chi connectivity index (χ1) is 9.20. The van der Waals surface area contributed by atoms with Gasteiger partial charge in [-0.1, -0.05) is 24.3 Å². The van der Waals surface area contributed by atoms with E-state index in [1.54, 1.807) is 0 Å². The number of nitrogen functional groups attached to an aromatic ring is 1. The number of aromatic nitrogens is 3. The molecule has 96 valence electrons. The molecule has 3 N–H and O–H groups in total. The van der Waals surface area contributed by atoms with E-state index in [2.05, 4.69) is 21.6 Å². The van der Waals surface area contributed by atoms with E-state index in [-0.39, 0.29) is 0 Å². The van der Waals surface area contributed by atoms with Crippen LogP contribution in [-0.4, -0.2) is 21.8 Å². The van der Waals surface area contributed by atoms with Gasteiger partial charge in [-0.2, -0.15) is 0 Å². The molecule has 0 bridgehead atoms. The molecule has 0 amide bonds. The highest BCUT2D eigenvalue weighted by Gasteiger charge is 2.13. The molecule has 3 rings (SSSR count). The number of hydrogen-bond acceptors (Lipinski definition) is 4. The molecule has 0 spiro atoms. The maximum atomic E-state index is 6.14. The van der Waals surface area contributed by atoms with Gasteiger partial charge in [0, 0.05) is 25.3 Å². The number of anilines is 2. The third-order valence-electron chi connectivity index (χ3n) is 3.26. The molecular weight excluding hydrogens is 238 g/mol. The quantitative estimate of drug-likeness (QED) is 0.687. The highest BCUT2D eigenvalue weighted by Crippen LogP contribution is 2.30. The Hall–Kier alpha value is -2.56. The van der Waals surface area contributed by atoms with E-state index >= 15 is 0 Å². The maximum Gasteiger partial charge on any atom is 0.224 e. The lowest BCUT2D eigenvalue weighted by molar-refractivity contribution is 0.926. The van der Waals surface area contributed by atoms with Crippen LogP contribution in [0.2, 0.25) is 0 Å². The Morgan fingerprint density at radius 2 is 1.79 bits per heavy atom. The van der Waals surface area contributed by atoms with Crippen molar-refractivity contribution in [3.05, 3.63) is 36.4 Å². The molecule has 0 unspecified atom stereocenters. The van der Waals surface area contributed by atoms with Crippen molar-refractivity contribution in [1.29, 1.82) is 0 Å². The number of nitrogens with one attached hydrogen (secondary N) is 1. The summed E-state index contributed by atoms with van der Waals surface area (Å²) in [4.78, 5) is 0. The predicted molar refractivity (Wildman–Crippen MR) is 77.9 cm³/mol. The van der Waals surface area contributed by atoms with Crippen LogP contribution in [0.5, 0.6) is 0 Å². The van der Waals surface area contributed by atoms with Crippen molar-refractivity contribution in [2.45, 2.75) is 0 Å².